The Balaban J connectivity index is 1.63. The van der Waals surface area contributed by atoms with E-state index in [-0.39, 0.29) is 54.7 Å². The van der Waals surface area contributed by atoms with Gasteiger partial charge in [-0.2, -0.15) is 5.10 Å². The molecule has 0 radical (unpaired) electrons. The van der Waals surface area contributed by atoms with Crippen molar-refractivity contribution in [3.8, 4) is 23.0 Å². The zero-order valence-electron chi connectivity index (χ0n) is 20.7. The van der Waals surface area contributed by atoms with Gasteiger partial charge in [0.15, 0.2) is 17.2 Å². The summed E-state index contributed by atoms with van der Waals surface area (Å²) in [5.74, 6) is -0.0251. The van der Waals surface area contributed by atoms with E-state index in [1.165, 1.54) is 38.6 Å². The molecule has 2 aromatic carbocycles. The summed E-state index contributed by atoms with van der Waals surface area (Å²) >= 11 is 0. The number of oxime groups is 1. The van der Waals surface area contributed by atoms with Crippen LogP contribution in [0.4, 0.5) is 5.69 Å². The van der Waals surface area contributed by atoms with Crippen molar-refractivity contribution < 1.29 is 43.0 Å². The van der Waals surface area contributed by atoms with Crippen molar-refractivity contribution in [1.82, 2.24) is 5.43 Å². The van der Waals surface area contributed by atoms with Gasteiger partial charge in [-0.3, -0.25) is 14.9 Å². The number of nitro groups is 1. The van der Waals surface area contributed by atoms with Crippen LogP contribution in [-0.2, 0) is 20.8 Å². The summed E-state index contributed by atoms with van der Waals surface area (Å²) in [7, 11) is 2.90. The number of hydrazone groups is 1. The highest BCUT2D eigenvalue weighted by Crippen LogP contribution is 2.52. The van der Waals surface area contributed by atoms with Crippen LogP contribution in [0.5, 0.6) is 23.0 Å². The molecule has 1 N–H and O–H groups in total. The minimum Gasteiger partial charge on any atom is -0.492 e. The summed E-state index contributed by atoms with van der Waals surface area (Å²) in [6, 6.07) is 5.24. The van der Waals surface area contributed by atoms with E-state index in [1.54, 1.807) is 6.92 Å². The maximum Gasteiger partial charge on any atom is 0.356 e. The lowest BCUT2D eigenvalue weighted by Crippen LogP contribution is -2.20. The number of carbonyl (C=O) groups excluding carboxylic acids is 2. The molecule has 38 heavy (non-hydrogen) atoms. The second-order valence-electron chi connectivity index (χ2n) is 7.92. The van der Waals surface area contributed by atoms with Gasteiger partial charge >= 0.3 is 5.97 Å². The number of rotatable bonds is 10. The average Bonchev–Trinajstić information content (AvgIpc) is 3.59. The third-order valence-corrected chi connectivity index (χ3v) is 5.63. The van der Waals surface area contributed by atoms with E-state index < -0.39 is 22.9 Å². The zero-order chi connectivity index (χ0) is 27.2. The lowest BCUT2D eigenvalue weighted by molar-refractivity contribution is -0.384. The molecule has 0 fully saturated rings. The summed E-state index contributed by atoms with van der Waals surface area (Å²) in [6.07, 6.45) is 1.18. The summed E-state index contributed by atoms with van der Waals surface area (Å²) < 4.78 is 27.4. The van der Waals surface area contributed by atoms with E-state index in [0.717, 1.165) is 6.07 Å². The van der Waals surface area contributed by atoms with Crippen molar-refractivity contribution in [2.75, 3.05) is 27.6 Å². The molecule has 0 saturated heterocycles. The highest BCUT2D eigenvalue weighted by molar-refractivity contribution is 6.36. The van der Waals surface area contributed by atoms with Gasteiger partial charge in [-0.15, -0.1) is 0 Å². The standard InChI is InChI=1S/C24H24N4O10/c1-4-35-24(30)18-10-15(38-27-18)9-16-17(20-22(37-12-36-20)21(34-3)19(16)33-2)11-25-26-23(29)13-6-5-7-14(8-13)28(31)32/h5-8,11,15H,4,9-10,12H2,1-3H3,(H,26,29). The molecule has 2 aliphatic rings. The number of nitrogens with zero attached hydrogens (tertiary/aromatic N) is 3. The first-order valence-corrected chi connectivity index (χ1v) is 11.4. The lowest BCUT2D eigenvalue weighted by Gasteiger charge is -2.19. The van der Waals surface area contributed by atoms with Gasteiger partial charge in [0.1, 0.15) is 6.10 Å². The first-order chi connectivity index (χ1) is 18.4. The van der Waals surface area contributed by atoms with E-state index in [0.29, 0.717) is 22.6 Å². The number of hydrogen-bond acceptors (Lipinski definition) is 12. The second-order valence-corrected chi connectivity index (χ2v) is 7.92. The first kappa shape index (κ1) is 26.2. The molecular weight excluding hydrogens is 504 g/mol. The fourth-order valence-corrected chi connectivity index (χ4v) is 3.97. The van der Waals surface area contributed by atoms with Crippen molar-refractivity contribution in [3.63, 3.8) is 0 Å². The highest BCUT2D eigenvalue weighted by Gasteiger charge is 2.34. The number of fused-ring (bicyclic) bond motifs is 1. The number of carbonyl (C=O) groups is 2. The lowest BCUT2D eigenvalue weighted by atomic mass is 9.96. The molecule has 200 valence electrons. The van der Waals surface area contributed by atoms with E-state index >= 15 is 0 Å². The number of hydrogen-bond donors (Lipinski definition) is 1. The van der Waals surface area contributed by atoms with Crippen LogP contribution in [0.25, 0.3) is 0 Å². The van der Waals surface area contributed by atoms with Crippen LogP contribution < -0.4 is 24.4 Å². The molecule has 14 nitrogen and oxygen atoms in total. The Kier molecular flexibility index (Phi) is 7.89. The molecule has 4 rings (SSSR count). The Hall–Kier alpha value is -4.88. The number of nitrogens with one attached hydrogen (secondary N) is 1. The monoisotopic (exact) mass is 528 g/mol. The number of methoxy groups -OCH3 is 2. The largest absolute Gasteiger partial charge is 0.492 e. The van der Waals surface area contributed by atoms with Gasteiger partial charge in [-0.05, 0) is 13.0 Å². The number of amides is 1. The number of esters is 1. The van der Waals surface area contributed by atoms with E-state index in [9.17, 15) is 19.7 Å². The van der Waals surface area contributed by atoms with Crippen molar-refractivity contribution in [2.45, 2.75) is 25.9 Å². The van der Waals surface area contributed by atoms with Gasteiger partial charge in [-0.1, -0.05) is 11.2 Å². The van der Waals surface area contributed by atoms with Gasteiger partial charge in [0.25, 0.3) is 11.6 Å². The number of nitro benzene ring substituents is 1. The molecule has 1 unspecified atom stereocenters. The van der Waals surface area contributed by atoms with Gasteiger partial charge in [-0.25, -0.2) is 10.2 Å². The highest BCUT2D eigenvalue weighted by atomic mass is 16.7. The smallest absolute Gasteiger partial charge is 0.356 e. The van der Waals surface area contributed by atoms with Crippen molar-refractivity contribution in [1.29, 1.82) is 0 Å². The number of ether oxygens (including phenoxy) is 5. The molecule has 0 aromatic heterocycles. The van der Waals surface area contributed by atoms with Crippen LogP contribution in [0.3, 0.4) is 0 Å². The summed E-state index contributed by atoms with van der Waals surface area (Å²) in [5.41, 5.74) is 3.27. The van der Waals surface area contributed by atoms with Crippen molar-refractivity contribution in [2.24, 2.45) is 10.3 Å². The quantitative estimate of drug-likeness (QED) is 0.209. The van der Waals surface area contributed by atoms with Crippen LogP contribution in [0.1, 0.15) is 34.8 Å². The maximum atomic E-state index is 12.6. The molecule has 1 amide bonds. The average molecular weight is 528 g/mol. The van der Waals surface area contributed by atoms with Crippen molar-refractivity contribution in [3.05, 3.63) is 51.1 Å². The Morgan fingerprint density at radius 2 is 2.00 bits per heavy atom. The minimum absolute atomic E-state index is 0.0525. The Labute approximate surface area is 216 Å². The van der Waals surface area contributed by atoms with Crippen LogP contribution in [-0.4, -0.2) is 62.4 Å². The molecule has 2 aromatic rings. The predicted molar refractivity (Wildman–Crippen MR) is 131 cm³/mol. The van der Waals surface area contributed by atoms with Gasteiger partial charge < -0.3 is 28.5 Å². The molecule has 2 aliphatic heterocycles. The number of benzene rings is 2. The summed E-state index contributed by atoms with van der Waals surface area (Å²) in [5, 5.41) is 18.9. The van der Waals surface area contributed by atoms with Crippen LogP contribution in [0.15, 0.2) is 34.5 Å². The first-order valence-electron chi connectivity index (χ1n) is 11.4. The molecular formula is C24H24N4O10. The SMILES string of the molecule is CCOC(=O)C1=NOC(Cc2c(C=NNC(=O)c3cccc([N+](=O)[O-])c3)c3c(c(OC)c2OC)OCO3)C1. The molecule has 0 saturated carbocycles. The van der Waals surface area contributed by atoms with Crippen LogP contribution in [0, 0.1) is 10.1 Å². The fourth-order valence-electron chi connectivity index (χ4n) is 3.97. The zero-order valence-corrected chi connectivity index (χ0v) is 20.7. The molecule has 0 spiro atoms. The van der Waals surface area contributed by atoms with E-state index in [4.69, 9.17) is 28.5 Å². The second kappa shape index (κ2) is 11.5. The van der Waals surface area contributed by atoms with E-state index in [1.807, 2.05) is 0 Å². The van der Waals surface area contributed by atoms with Gasteiger partial charge in [0, 0.05) is 41.7 Å². The van der Waals surface area contributed by atoms with Gasteiger partial charge in [0.2, 0.25) is 18.3 Å². The molecule has 2 heterocycles. The van der Waals surface area contributed by atoms with Crippen molar-refractivity contribution >= 4 is 29.5 Å². The number of non-ortho nitro benzene ring substituents is 1. The predicted octanol–water partition coefficient (Wildman–Crippen LogP) is 2.36. The van der Waals surface area contributed by atoms with Crippen LogP contribution in [0.2, 0.25) is 0 Å². The summed E-state index contributed by atoms with van der Waals surface area (Å²) in [4.78, 5) is 40.5. The molecule has 0 aliphatic carbocycles. The van der Waals surface area contributed by atoms with E-state index in [2.05, 4.69) is 15.7 Å². The topological polar surface area (TPSA) is 169 Å². The molecule has 14 heteroatoms. The Bertz CT molecular complexity index is 1320. The Morgan fingerprint density at radius 3 is 2.71 bits per heavy atom. The molecule has 1 atom stereocenters. The maximum absolute atomic E-state index is 12.6. The third kappa shape index (κ3) is 5.28. The fraction of sp³-hybridized carbons (Fsp3) is 0.333. The molecule has 0 bridgehead atoms. The Morgan fingerprint density at radius 1 is 1.24 bits per heavy atom. The minimum atomic E-state index is -0.660. The normalized spacial score (nSPS) is 15.6. The third-order valence-electron chi connectivity index (χ3n) is 5.63. The van der Waals surface area contributed by atoms with Crippen LogP contribution >= 0.6 is 0 Å². The summed E-state index contributed by atoms with van der Waals surface area (Å²) in [6.45, 7) is 1.81. The van der Waals surface area contributed by atoms with Gasteiger partial charge in [0.05, 0.1) is 32.0 Å².